The van der Waals surface area contributed by atoms with Gasteiger partial charge in [0.05, 0.1) is 11.5 Å². The minimum atomic E-state index is -0.228. The van der Waals surface area contributed by atoms with Crippen LogP contribution in [0.4, 0.5) is 0 Å². The van der Waals surface area contributed by atoms with E-state index in [1.165, 1.54) is 12.8 Å². The fourth-order valence-corrected chi connectivity index (χ4v) is 2.09. The number of rotatable bonds is 1. The Hall–Kier alpha value is -1.36. The van der Waals surface area contributed by atoms with E-state index in [9.17, 15) is 5.26 Å². The average Bonchev–Trinajstić information content (AvgIpc) is 2.69. The molecule has 66 valence electrons. The van der Waals surface area contributed by atoms with Crippen LogP contribution in [0.25, 0.3) is 0 Å². The van der Waals surface area contributed by atoms with Gasteiger partial charge in [-0.1, -0.05) is 18.9 Å². The Morgan fingerprint density at radius 1 is 1.38 bits per heavy atom. The smallest absolute Gasteiger partial charge is 0.0837 e. The van der Waals surface area contributed by atoms with Gasteiger partial charge in [-0.3, -0.25) is 4.98 Å². The predicted molar refractivity (Wildman–Crippen MR) is 50.0 cm³/mol. The van der Waals surface area contributed by atoms with Gasteiger partial charge in [0.15, 0.2) is 0 Å². The maximum absolute atomic E-state index is 9.19. The highest BCUT2D eigenvalue weighted by atomic mass is 14.6. The minimum Gasteiger partial charge on any atom is -0.264 e. The molecule has 1 aromatic rings. The number of nitriles is 1. The molecule has 2 rings (SSSR count). The van der Waals surface area contributed by atoms with E-state index < -0.39 is 0 Å². The zero-order valence-electron chi connectivity index (χ0n) is 7.53. The highest BCUT2D eigenvalue weighted by Crippen LogP contribution is 2.39. The van der Waals surface area contributed by atoms with Crippen molar-refractivity contribution in [1.29, 1.82) is 5.26 Å². The van der Waals surface area contributed by atoms with Gasteiger partial charge in [0, 0.05) is 12.4 Å². The summed E-state index contributed by atoms with van der Waals surface area (Å²) in [5.74, 6) is 0. The van der Waals surface area contributed by atoms with Gasteiger partial charge in [0.1, 0.15) is 0 Å². The van der Waals surface area contributed by atoms with Gasteiger partial charge in [-0.05, 0) is 24.5 Å². The van der Waals surface area contributed by atoms with Crippen LogP contribution >= 0.6 is 0 Å². The number of aromatic nitrogens is 1. The summed E-state index contributed by atoms with van der Waals surface area (Å²) in [7, 11) is 0. The van der Waals surface area contributed by atoms with Gasteiger partial charge in [-0.25, -0.2) is 0 Å². The molecular formula is C11H12N2. The molecule has 0 aromatic carbocycles. The first-order valence-corrected chi connectivity index (χ1v) is 4.69. The molecule has 0 atom stereocenters. The molecule has 1 aliphatic rings. The molecule has 0 saturated heterocycles. The zero-order valence-corrected chi connectivity index (χ0v) is 7.53. The molecule has 0 spiro atoms. The zero-order chi connectivity index (χ0) is 9.15. The van der Waals surface area contributed by atoms with Gasteiger partial charge in [0.25, 0.3) is 0 Å². The largest absolute Gasteiger partial charge is 0.264 e. The van der Waals surface area contributed by atoms with E-state index >= 15 is 0 Å². The van der Waals surface area contributed by atoms with Crippen LogP contribution in [0, 0.1) is 11.3 Å². The highest BCUT2D eigenvalue weighted by Gasteiger charge is 2.35. The first kappa shape index (κ1) is 8.25. The molecule has 0 bridgehead atoms. The highest BCUT2D eigenvalue weighted by molar-refractivity contribution is 5.31. The average molecular weight is 172 g/mol. The van der Waals surface area contributed by atoms with E-state index in [1.807, 2.05) is 18.3 Å². The second kappa shape index (κ2) is 3.18. The van der Waals surface area contributed by atoms with Gasteiger partial charge in [0.2, 0.25) is 0 Å². The summed E-state index contributed by atoms with van der Waals surface area (Å²) in [6.45, 7) is 0. The quantitative estimate of drug-likeness (QED) is 0.652. The SMILES string of the molecule is N#CC1(c2cccnc2)CCCC1. The molecule has 1 saturated carbocycles. The van der Waals surface area contributed by atoms with E-state index in [2.05, 4.69) is 11.1 Å². The molecule has 0 radical (unpaired) electrons. The van der Waals surface area contributed by atoms with Gasteiger partial charge in [-0.15, -0.1) is 0 Å². The molecular weight excluding hydrogens is 160 g/mol. The lowest BCUT2D eigenvalue weighted by molar-refractivity contribution is 0.570. The van der Waals surface area contributed by atoms with Crippen molar-refractivity contribution in [2.45, 2.75) is 31.1 Å². The first-order chi connectivity index (χ1) is 6.37. The second-order valence-corrected chi connectivity index (χ2v) is 3.64. The van der Waals surface area contributed by atoms with Crippen LogP contribution in [0.3, 0.4) is 0 Å². The van der Waals surface area contributed by atoms with Gasteiger partial charge < -0.3 is 0 Å². The molecule has 0 aliphatic heterocycles. The summed E-state index contributed by atoms with van der Waals surface area (Å²) in [6.07, 6.45) is 7.91. The third-order valence-electron chi connectivity index (χ3n) is 2.89. The van der Waals surface area contributed by atoms with Crippen LogP contribution in [-0.2, 0) is 5.41 Å². The van der Waals surface area contributed by atoms with Crippen LogP contribution in [0.1, 0.15) is 31.2 Å². The lowest BCUT2D eigenvalue weighted by Crippen LogP contribution is -2.19. The van der Waals surface area contributed by atoms with E-state index in [4.69, 9.17) is 0 Å². The van der Waals surface area contributed by atoms with Crippen LogP contribution in [0.15, 0.2) is 24.5 Å². The molecule has 1 aliphatic carbocycles. The molecule has 0 amide bonds. The Morgan fingerprint density at radius 3 is 2.69 bits per heavy atom. The van der Waals surface area contributed by atoms with Crippen LogP contribution < -0.4 is 0 Å². The van der Waals surface area contributed by atoms with Crippen molar-refractivity contribution in [2.24, 2.45) is 0 Å². The van der Waals surface area contributed by atoms with E-state index in [0.717, 1.165) is 18.4 Å². The molecule has 1 heterocycles. The summed E-state index contributed by atoms with van der Waals surface area (Å²) in [5.41, 5.74) is 0.865. The van der Waals surface area contributed by atoms with Crippen molar-refractivity contribution < 1.29 is 0 Å². The normalized spacial score (nSPS) is 19.6. The van der Waals surface area contributed by atoms with Crippen molar-refractivity contribution in [3.63, 3.8) is 0 Å². The topological polar surface area (TPSA) is 36.7 Å². The number of nitrogens with zero attached hydrogens (tertiary/aromatic N) is 2. The van der Waals surface area contributed by atoms with Crippen LogP contribution in [0.5, 0.6) is 0 Å². The Labute approximate surface area is 78.2 Å². The van der Waals surface area contributed by atoms with Crippen molar-refractivity contribution in [3.8, 4) is 6.07 Å². The van der Waals surface area contributed by atoms with Crippen molar-refractivity contribution in [3.05, 3.63) is 30.1 Å². The van der Waals surface area contributed by atoms with Crippen molar-refractivity contribution in [2.75, 3.05) is 0 Å². The molecule has 0 N–H and O–H groups in total. The lowest BCUT2D eigenvalue weighted by atomic mass is 9.81. The fourth-order valence-electron chi connectivity index (χ4n) is 2.09. The van der Waals surface area contributed by atoms with Gasteiger partial charge >= 0.3 is 0 Å². The second-order valence-electron chi connectivity index (χ2n) is 3.64. The molecule has 13 heavy (non-hydrogen) atoms. The summed E-state index contributed by atoms with van der Waals surface area (Å²) >= 11 is 0. The Morgan fingerprint density at radius 2 is 2.15 bits per heavy atom. The van der Waals surface area contributed by atoms with Gasteiger partial charge in [-0.2, -0.15) is 5.26 Å². The number of pyridine rings is 1. The monoisotopic (exact) mass is 172 g/mol. The fraction of sp³-hybridized carbons (Fsp3) is 0.455. The standard InChI is InChI=1S/C11H12N2/c12-9-11(5-1-2-6-11)10-4-3-7-13-8-10/h3-4,7-8H,1-2,5-6H2. The summed E-state index contributed by atoms with van der Waals surface area (Å²) in [4.78, 5) is 4.07. The summed E-state index contributed by atoms with van der Waals surface area (Å²) in [5, 5.41) is 9.19. The lowest BCUT2D eigenvalue weighted by Gasteiger charge is -2.19. The van der Waals surface area contributed by atoms with E-state index in [-0.39, 0.29) is 5.41 Å². The number of hydrogen-bond acceptors (Lipinski definition) is 2. The molecule has 0 unspecified atom stereocenters. The van der Waals surface area contributed by atoms with Crippen molar-refractivity contribution >= 4 is 0 Å². The Bertz CT molecular complexity index is 318. The molecule has 2 nitrogen and oxygen atoms in total. The number of hydrogen-bond donors (Lipinski definition) is 0. The van der Waals surface area contributed by atoms with E-state index in [1.54, 1.807) is 6.20 Å². The van der Waals surface area contributed by atoms with Crippen molar-refractivity contribution in [1.82, 2.24) is 4.98 Å². The maximum Gasteiger partial charge on any atom is 0.0837 e. The summed E-state index contributed by atoms with van der Waals surface area (Å²) in [6, 6.07) is 6.38. The molecule has 1 fully saturated rings. The van der Waals surface area contributed by atoms with E-state index in [0.29, 0.717) is 0 Å². The summed E-state index contributed by atoms with van der Waals surface area (Å²) < 4.78 is 0. The maximum atomic E-state index is 9.19. The molecule has 1 aromatic heterocycles. The molecule has 2 heteroatoms. The third kappa shape index (κ3) is 1.31. The predicted octanol–water partition coefficient (Wildman–Crippen LogP) is 2.42. The minimum absolute atomic E-state index is 0.228. The van der Waals surface area contributed by atoms with Crippen LogP contribution in [-0.4, -0.2) is 4.98 Å². The first-order valence-electron chi connectivity index (χ1n) is 4.69. The Balaban J connectivity index is 2.38. The van der Waals surface area contributed by atoms with Crippen LogP contribution in [0.2, 0.25) is 0 Å². The Kier molecular flexibility index (Phi) is 2.02. The third-order valence-corrected chi connectivity index (χ3v) is 2.89.